The van der Waals surface area contributed by atoms with Gasteiger partial charge in [0.25, 0.3) is 5.78 Å². The van der Waals surface area contributed by atoms with Crippen molar-refractivity contribution in [3.8, 4) is 0 Å². The summed E-state index contributed by atoms with van der Waals surface area (Å²) in [6.45, 7) is 6.34. The highest BCUT2D eigenvalue weighted by atomic mass is 16.6. The van der Waals surface area contributed by atoms with Gasteiger partial charge in [-0.25, -0.2) is 26.5 Å². The van der Waals surface area contributed by atoms with E-state index >= 15 is 0 Å². The Kier molecular flexibility index (Phi) is 20.3. The van der Waals surface area contributed by atoms with Crippen LogP contribution in [0.25, 0.3) is 0 Å². The lowest BCUT2D eigenvalue weighted by molar-refractivity contribution is -0.162. The van der Waals surface area contributed by atoms with E-state index in [9.17, 15) is 38.4 Å². The fraction of sp³-hybridized carbons (Fsp3) is 0.704. The summed E-state index contributed by atoms with van der Waals surface area (Å²) in [5.74, 6) is -6.82. The second-order valence-corrected chi connectivity index (χ2v) is 11.7. The van der Waals surface area contributed by atoms with Gasteiger partial charge in [0.15, 0.2) is 0 Å². The molecule has 0 spiro atoms. The minimum absolute atomic E-state index is 0.0294. The van der Waals surface area contributed by atoms with E-state index < -0.39 is 103 Å². The number of nitrogens with one attached hydrogen (secondary N) is 7. The Labute approximate surface area is 267 Å². The Balaban J connectivity index is 4.44. The lowest BCUT2D eigenvalue weighted by Gasteiger charge is -2.21. The fourth-order valence-electron chi connectivity index (χ4n) is 3.40. The molecule has 0 aliphatic heterocycles. The minimum atomic E-state index is -1.09. The van der Waals surface area contributed by atoms with E-state index in [4.69, 9.17) is 21.9 Å². The van der Waals surface area contributed by atoms with Crippen LogP contribution in [0.15, 0.2) is 0 Å². The summed E-state index contributed by atoms with van der Waals surface area (Å²) >= 11 is 0. The van der Waals surface area contributed by atoms with E-state index in [-0.39, 0.29) is 12.3 Å². The van der Waals surface area contributed by atoms with Gasteiger partial charge in [-0.05, 0) is 52.5 Å². The maximum absolute atomic E-state index is 12.7. The predicted octanol–water partition coefficient (Wildman–Crippen LogP) is -5.09. The van der Waals surface area contributed by atoms with Crippen molar-refractivity contribution < 1.29 is 43.1 Å². The van der Waals surface area contributed by atoms with Gasteiger partial charge in [-0.1, -0.05) is 13.8 Å². The van der Waals surface area contributed by atoms with Crippen molar-refractivity contribution in [2.45, 2.75) is 77.9 Å². The number of Topliss-reactive ketones (excluding diaryl/α,β-unsaturated/α-hetero) is 5. The van der Waals surface area contributed by atoms with Crippen LogP contribution >= 0.6 is 0 Å². The van der Waals surface area contributed by atoms with E-state index in [1.807, 2.05) is 13.8 Å². The zero-order valence-electron chi connectivity index (χ0n) is 27.1. The Hall–Kier alpha value is -3.56. The number of carbonyl (C=O) groups is 8. The van der Waals surface area contributed by atoms with E-state index in [1.165, 1.54) is 0 Å². The fourth-order valence-corrected chi connectivity index (χ4v) is 3.40. The Morgan fingerprint density at radius 2 is 1.24 bits per heavy atom. The Bertz CT molecular complexity index is 1080. The second kappa shape index (κ2) is 22.0. The molecule has 13 N–H and O–H groups in total. The smallest absolute Gasteiger partial charge is 0.376 e. The third kappa shape index (κ3) is 20.5. The average molecular weight is 659 g/mol. The highest BCUT2D eigenvalue weighted by Crippen LogP contribution is 2.08. The molecule has 19 heteroatoms. The number of esters is 1. The molecule has 0 radical (unpaired) electrons. The van der Waals surface area contributed by atoms with Crippen LogP contribution in [0, 0.1) is 5.92 Å². The molecule has 0 saturated heterocycles. The second-order valence-electron chi connectivity index (χ2n) is 11.7. The first-order chi connectivity index (χ1) is 21.3. The summed E-state index contributed by atoms with van der Waals surface area (Å²) in [5, 5.41) is 7.54. The first kappa shape index (κ1) is 42.4. The molecular formula is C27H50N10O9. The molecule has 0 fully saturated rings. The van der Waals surface area contributed by atoms with Crippen LogP contribution in [-0.4, -0.2) is 110 Å². The molecule has 0 unspecified atom stereocenters. The zero-order chi connectivity index (χ0) is 35.4. The van der Waals surface area contributed by atoms with Crippen molar-refractivity contribution >= 4 is 46.7 Å². The minimum Gasteiger partial charge on any atom is -0.454 e. The number of hydrogen-bond acceptors (Lipinski definition) is 17. The van der Waals surface area contributed by atoms with Crippen LogP contribution in [0.1, 0.15) is 53.9 Å². The molecule has 46 heavy (non-hydrogen) atoms. The van der Waals surface area contributed by atoms with Gasteiger partial charge in [0.1, 0.15) is 11.9 Å². The maximum Gasteiger partial charge on any atom is 0.376 e. The van der Waals surface area contributed by atoms with Gasteiger partial charge in [0.2, 0.25) is 34.9 Å². The Morgan fingerprint density at radius 1 is 0.717 bits per heavy atom. The summed E-state index contributed by atoms with van der Waals surface area (Å²) < 4.78 is 4.90. The molecule has 2 amide bonds. The number of ketones is 5. The van der Waals surface area contributed by atoms with Gasteiger partial charge in [-0.3, -0.25) is 38.9 Å². The van der Waals surface area contributed by atoms with Gasteiger partial charge in [-0.2, -0.15) is 0 Å². The van der Waals surface area contributed by atoms with Crippen molar-refractivity contribution in [3.05, 3.63) is 0 Å². The molecule has 0 aliphatic rings. The average Bonchev–Trinajstić information content (AvgIpc) is 2.95. The standard InChI is InChI=1S/C27H50N10O9/c1-15(2)9-17(37-24(44)16(28)7-6-8-31-26(29)30)23(43)20(40)12-34-36-14-22(42)32-10-18(38)19(39)11-33-35-13-21(41)25(45)46-27(3,4)5/h15-17,26,31,33-36H,6-14,28-30H2,1-5H3,(H,32,42)(H,37,44)/t16-,17-/m0/s1. The summed E-state index contributed by atoms with van der Waals surface area (Å²) in [5.41, 5.74) is 25.3. The molecule has 0 aliphatic carbocycles. The zero-order valence-corrected chi connectivity index (χ0v) is 27.1. The van der Waals surface area contributed by atoms with Crippen molar-refractivity contribution in [2.24, 2.45) is 23.1 Å². The highest BCUT2D eigenvalue weighted by Gasteiger charge is 2.29. The summed E-state index contributed by atoms with van der Waals surface area (Å²) in [6.07, 6.45) is 0.304. The van der Waals surface area contributed by atoms with E-state index in [1.54, 1.807) is 20.8 Å². The van der Waals surface area contributed by atoms with E-state index in [2.05, 4.69) is 37.7 Å². The highest BCUT2D eigenvalue weighted by molar-refractivity contribution is 6.40. The molecule has 2 atom stereocenters. The number of amides is 2. The molecule has 0 aromatic rings. The van der Waals surface area contributed by atoms with Gasteiger partial charge in [0, 0.05) is 0 Å². The van der Waals surface area contributed by atoms with Gasteiger partial charge < -0.3 is 32.6 Å². The van der Waals surface area contributed by atoms with Crippen LogP contribution in [0.3, 0.4) is 0 Å². The maximum atomic E-state index is 12.7. The predicted molar refractivity (Wildman–Crippen MR) is 165 cm³/mol. The summed E-state index contributed by atoms with van der Waals surface area (Å²) in [4.78, 5) is 96.8. The van der Waals surface area contributed by atoms with Crippen molar-refractivity contribution in [2.75, 3.05) is 39.3 Å². The third-order valence-corrected chi connectivity index (χ3v) is 5.65. The number of hydrogen-bond donors (Lipinski definition) is 10. The number of carbonyl (C=O) groups excluding carboxylic acids is 8. The van der Waals surface area contributed by atoms with Crippen LogP contribution in [-0.2, 0) is 43.1 Å². The Morgan fingerprint density at radius 3 is 1.78 bits per heavy atom. The van der Waals surface area contributed by atoms with Crippen molar-refractivity contribution in [1.82, 2.24) is 37.7 Å². The number of ether oxygens (including phenoxy) is 1. The summed E-state index contributed by atoms with van der Waals surface area (Å²) in [7, 11) is 0. The van der Waals surface area contributed by atoms with Crippen molar-refractivity contribution in [3.63, 3.8) is 0 Å². The van der Waals surface area contributed by atoms with Crippen LogP contribution < -0.4 is 54.9 Å². The quantitative estimate of drug-likeness (QED) is 0.0144. The SMILES string of the molecule is CC(C)C[C@H](NC(=O)[C@@H](N)CCCNC(N)N)C(=O)C(=O)CNNCC(=O)NCC(=O)C(=O)CNNCC(=O)C(=O)OC(C)(C)C. The first-order valence-corrected chi connectivity index (χ1v) is 14.7. The third-order valence-electron chi connectivity index (χ3n) is 5.65. The topological polar surface area (TPSA) is 308 Å². The van der Waals surface area contributed by atoms with Crippen molar-refractivity contribution in [1.29, 1.82) is 0 Å². The van der Waals surface area contributed by atoms with E-state index in [0.717, 1.165) is 0 Å². The largest absolute Gasteiger partial charge is 0.454 e. The van der Waals surface area contributed by atoms with Gasteiger partial charge in [-0.15, -0.1) is 0 Å². The lowest BCUT2D eigenvalue weighted by atomic mass is 9.97. The molecule has 262 valence electrons. The molecule has 0 heterocycles. The molecule has 0 bridgehead atoms. The number of hydrazine groups is 2. The van der Waals surface area contributed by atoms with Gasteiger partial charge in [0.05, 0.1) is 44.8 Å². The van der Waals surface area contributed by atoms with Gasteiger partial charge >= 0.3 is 5.97 Å². The molecule has 0 rings (SSSR count). The summed E-state index contributed by atoms with van der Waals surface area (Å²) in [6, 6.07) is -2.01. The lowest BCUT2D eigenvalue weighted by Crippen LogP contribution is -2.52. The number of rotatable bonds is 25. The molecule has 0 saturated carbocycles. The van der Waals surface area contributed by atoms with Crippen LogP contribution in [0.4, 0.5) is 0 Å². The van der Waals surface area contributed by atoms with Crippen LogP contribution in [0.2, 0.25) is 0 Å². The van der Waals surface area contributed by atoms with E-state index in [0.29, 0.717) is 19.4 Å². The monoisotopic (exact) mass is 658 g/mol. The normalized spacial score (nSPS) is 12.7. The molecule has 0 aromatic heterocycles. The first-order valence-electron chi connectivity index (χ1n) is 14.7. The van der Waals surface area contributed by atoms with Crippen LogP contribution in [0.5, 0.6) is 0 Å². The number of nitrogens with two attached hydrogens (primary N) is 3. The molecule has 19 nitrogen and oxygen atoms in total. The molecular weight excluding hydrogens is 608 g/mol. The molecule has 0 aromatic carbocycles.